The SMILES string of the molecule is CSc1nc(On2nnc3ccccc32)ncc1C(N)=O. The Hall–Kier alpha value is -2.68. The number of thioether (sulfide) groups is 1. The Kier molecular flexibility index (Phi) is 3.40. The highest BCUT2D eigenvalue weighted by atomic mass is 32.2. The van der Waals surface area contributed by atoms with E-state index in [2.05, 4.69) is 20.3 Å². The molecule has 0 unspecified atom stereocenters. The van der Waals surface area contributed by atoms with Gasteiger partial charge in [0, 0.05) is 6.20 Å². The second-order valence-corrected chi connectivity index (χ2v) is 4.78. The minimum atomic E-state index is -0.586. The zero-order chi connectivity index (χ0) is 14.8. The average Bonchev–Trinajstić information content (AvgIpc) is 2.90. The monoisotopic (exact) mass is 302 g/mol. The number of hydrogen-bond donors (Lipinski definition) is 1. The Morgan fingerprint density at radius 3 is 2.95 bits per heavy atom. The molecule has 2 heterocycles. The topological polar surface area (TPSA) is 109 Å². The summed E-state index contributed by atoms with van der Waals surface area (Å²) >= 11 is 1.28. The molecule has 0 fully saturated rings. The van der Waals surface area contributed by atoms with Crippen molar-refractivity contribution >= 4 is 28.7 Å². The second-order valence-electron chi connectivity index (χ2n) is 3.98. The first kappa shape index (κ1) is 13.3. The van der Waals surface area contributed by atoms with Crippen LogP contribution in [0.25, 0.3) is 11.0 Å². The van der Waals surface area contributed by atoms with Crippen LogP contribution in [0.1, 0.15) is 10.4 Å². The fourth-order valence-electron chi connectivity index (χ4n) is 1.71. The Morgan fingerprint density at radius 1 is 1.38 bits per heavy atom. The van der Waals surface area contributed by atoms with Crippen LogP contribution in [0, 0.1) is 0 Å². The summed E-state index contributed by atoms with van der Waals surface area (Å²) in [6, 6.07) is 7.37. The summed E-state index contributed by atoms with van der Waals surface area (Å²) in [5, 5.41) is 8.27. The van der Waals surface area contributed by atoms with Gasteiger partial charge in [0.15, 0.2) is 0 Å². The summed E-state index contributed by atoms with van der Waals surface area (Å²) in [7, 11) is 0. The van der Waals surface area contributed by atoms with E-state index in [4.69, 9.17) is 10.6 Å². The molecule has 106 valence electrons. The number of nitrogens with zero attached hydrogens (tertiary/aromatic N) is 5. The summed E-state index contributed by atoms with van der Waals surface area (Å²) in [5.74, 6) is -0.586. The molecule has 3 aromatic rings. The van der Waals surface area contributed by atoms with E-state index in [0.29, 0.717) is 16.1 Å². The van der Waals surface area contributed by atoms with Crippen LogP contribution in [0.2, 0.25) is 0 Å². The highest BCUT2D eigenvalue weighted by molar-refractivity contribution is 7.98. The molecule has 0 saturated heterocycles. The van der Waals surface area contributed by atoms with Crippen LogP contribution >= 0.6 is 11.8 Å². The molecule has 2 aromatic heterocycles. The van der Waals surface area contributed by atoms with Gasteiger partial charge in [0.25, 0.3) is 5.91 Å². The fraction of sp³-hybridized carbons (Fsp3) is 0.0833. The van der Waals surface area contributed by atoms with Gasteiger partial charge in [-0.1, -0.05) is 17.0 Å². The predicted molar refractivity (Wildman–Crippen MR) is 75.9 cm³/mol. The number of rotatable bonds is 4. The van der Waals surface area contributed by atoms with Gasteiger partial charge in [0.2, 0.25) is 0 Å². The standard InChI is InChI=1S/C12H10N6O2S/c1-21-11-7(10(13)19)6-14-12(15-11)20-18-9-5-3-2-4-8(9)16-17-18/h2-6H,1H3,(H2,13,19). The Bertz CT molecular complexity index is 818. The number of fused-ring (bicyclic) bond motifs is 1. The van der Waals surface area contributed by atoms with E-state index < -0.39 is 5.91 Å². The lowest BCUT2D eigenvalue weighted by atomic mass is 10.3. The van der Waals surface area contributed by atoms with Crippen molar-refractivity contribution in [1.29, 1.82) is 0 Å². The maximum Gasteiger partial charge on any atom is 0.346 e. The molecule has 1 aromatic carbocycles. The number of primary amides is 1. The number of amides is 1. The lowest BCUT2D eigenvalue weighted by Crippen LogP contribution is -2.15. The number of hydrogen-bond acceptors (Lipinski definition) is 7. The summed E-state index contributed by atoms with van der Waals surface area (Å²) in [5.41, 5.74) is 6.88. The fourth-order valence-corrected chi connectivity index (χ4v) is 2.25. The van der Waals surface area contributed by atoms with Gasteiger partial charge in [-0.05, 0) is 23.6 Å². The van der Waals surface area contributed by atoms with Crippen molar-refractivity contribution in [3.05, 3.63) is 36.0 Å². The first-order chi connectivity index (χ1) is 10.2. The zero-order valence-electron chi connectivity index (χ0n) is 10.9. The van der Waals surface area contributed by atoms with E-state index in [1.807, 2.05) is 24.3 Å². The molecule has 1 amide bonds. The molecule has 0 bridgehead atoms. The second kappa shape index (κ2) is 5.37. The van der Waals surface area contributed by atoms with Gasteiger partial charge in [0.1, 0.15) is 16.1 Å². The molecule has 0 aliphatic carbocycles. The minimum Gasteiger partial charge on any atom is -0.365 e. The van der Waals surface area contributed by atoms with Gasteiger partial charge >= 0.3 is 6.01 Å². The number of carbonyl (C=O) groups is 1. The molecule has 0 aliphatic rings. The molecule has 0 radical (unpaired) electrons. The molecule has 2 N–H and O–H groups in total. The molecule has 9 heteroatoms. The van der Waals surface area contributed by atoms with Crippen LogP contribution in [0.4, 0.5) is 0 Å². The van der Waals surface area contributed by atoms with E-state index in [0.717, 1.165) is 0 Å². The van der Waals surface area contributed by atoms with Crippen molar-refractivity contribution in [2.24, 2.45) is 5.73 Å². The summed E-state index contributed by atoms with van der Waals surface area (Å²) in [4.78, 5) is 26.0. The maximum absolute atomic E-state index is 11.2. The zero-order valence-corrected chi connectivity index (χ0v) is 11.7. The van der Waals surface area contributed by atoms with Gasteiger partial charge in [-0.25, -0.2) is 4.98 Å². The van der Waals surface area contributed by atoms with E-state index in [1.165, 1.54) is 22.8 Å². The molecule has 0 aliphatic heterocycles. The number of carbonyl (C=O) groups excluding carboxylic acids is 1. The van der Waals surface area contributed by atoms with Crippen molar-refractivity contribution in [2.75, 3.05) is 6.26 Å². The lowest BCUT2D eigenvalue weighted by molar-refractivity contribution is 0.0995. The van der Waals surface area contributed by atoms with Gasteiger partial charge in [-0.3, -0.25) is 4.79 Å². The van der Waals surface area contributed by atoms with Crippen molar-refractivity contribution in [1.82, 2.24) is 25.1 Å². The third-order valence-electron chi connectivity index (χ3n) is 2.68. The largest absolute Gasteiger partial charge is 0.365 e. The van der Waals surface area contributed by atoms with Crippen molar-refractivity contribution in [3.63, 3.8) is 0 Å². The first-order valence-corrected chi connectivity index (χ1v) is 7.11. The van der Waals surface area contributed by atoms with Crippen LogP contribution in [0.5, 0.6) is 6.01 Å². The Morgan fingerprint density at radius 2 is 2.19 bits per heavy atom. The molecule has 0 atom stereocenters. The van der Waals surface area contributed by atoms with Crippen LogP contribution < -0.4 is 10.6 Å². The van der Waals surface area contributed by atoms with E-state index in [9.17, 15) is 4.79 Å². The number of benzene rings is 1. The van der Waals surface area contributed by atoms with Gasteiger partial charge in [0.05, 0.1) is 5.56 Å². The molecular weight excluding hydrogens is 292 g/mol. The van der Waals surface area contributed by atoms with Crippen LogP contribution in [0.15, 0.2) is 35.5 Å². The quantitative estimate of drug-likeness (QED) is 0.563. The maximum atomic E-state index is 11.2. The van der Waals surface area contributed by atoms with E-state index in [1.54, 1.807) is 6.26 Å². The van der Waals surface area contributed by atoms with Gasteiger partial charge < -0.3 is 10.6 Å². The van der Waals surface area contributed by atoms with Crippen molar-refractivity contribution in [2.45, 2.75) is 5.03 Å². The normalized spacial score (nSPS) is 10.7. The molecule has 0 spiro atoms. The highest BCUT2D eigenvalue weighted by Gasteiger charge is 2.13. The van der Waals surface area contributed by atoms with Crippen LogP contribution in [-0.4, -0.2) is 37.3 Å². The number of aromatic nitrogens is 5. The summed E-state index contributed by atoms with van der Waals surface area (Å²) in [6.45, 7) is 0. The molecule has 0 saturated carbocycles. The smallest absolute Gasteiger partial charge is 0.346 e. The van der Waals surface area contributed by atoms with Crippen LogP contribution in [-0.2, 0) is 0 Å². The predicted octanol–water partition coefficient (Wildman–Crippen LogP) is 0.884. The Balaban J connectivity index is 1.96. The molecular formula is C12H10N6O2S. The molecule has 3 rings (SSSR count). The lowest BCUT2D eigenvalue weighted by Gasteiger charge is -2.06. The van der Waals surface area contributed by atoms with Gasteiger partial charge in [-0.15, -0.1) is 16.9 Å². The molecule has 21 heavy (non-hydrogen) atoms. The third-order valence-corrected chi connectivity index (χ3v) is 3.38. The minimum absolute atomic E-state index is 0.0556. The third kappa shape index (κ3) is 2.50. The van der Waals surface area contributed by atoms with Crippen molar-refractivity contribution < 1.29 is 9.63 Å². The average molecular weight is 302 g/mol. The summed E-state index contributed by atoms with van der Waals surface area (Å²) < 4.78 is 0. The summed E-state index contributed by atoms with van der Waals surface area (Å²) in [6.07, 6.45) is 3.11. The van der Waals surface area contributed by atoms with Crippen molar-refractivity contribution in [3.8, 4) is 6.01 Å². The molecule has 8 nitrogen and oxygen atoms in total. The van der Waals surface area contributed by atoms with Gasteiger partial charge in [-0.2, -0.15) is 4.98 Å². The highest BCUT2D eigenvalue weighted by Crippen LogP contribution is 2.19. The first-order valence-electron chi connectivity index (χ1n) is 5.88. The van der Waals surface area contributed by atoms with E-state index in [-0.39, 0.29) is 11.6 Å². The van der Waals surface area contributed by atoms with E-state index >= 15 is 0 Å². The Labute approximate surface area is 123 Å². The van der Waals surface area contributed by atoms with Crippen LogP contribution in [0.3, 0.4) is 0 Å². The number of nitrogens with two attached hydrogens (primary N) is 1. The number of para-hydroxylation sites is 1.